The van der Waals surface area contributed by atoms with Crippen LogP contribution in [0.1, 0.15) is 243 Å². The van der Waals surface area contributed by atoms with Gasteiger partial charge < -0.3 is 20.4 Å². The zero-order chi connectivity index (χ0) is 63.1. The van der Waals surface area contributed by atoms with Crippen molar-refractivity contribution in [3.63, 3.8) is 0 Å². The Kier molecular flexibility index (Phi) is 17.0. The third-order valence-corrected chi connectivity index (χ3v) is 19.6. The van der Waals surface area contributed by atoms with Crippen molar-refractivity contribution < 1.29 is 31.2 Å². The fourth-order valence-electron chi connectivity index (χ4n) is 17.2. The van der Waals surface area contributed by atoms with Crippen molar-refractivity contribution in [1.82, 2.24) is 60.3 Å². The summed E-state index contributed by atoms with van der Waals surface area (Å²) in [5.74, 6) is 0.947. The van der Waals surface area contributed by atoms with Gasteiger partial charge in [0, 0.05) is 103 Å². The third kappa shape index (κ3) is 13.1. The first-order valence-electron chi connectivity index (χ1n) is 30.8. The first-order valence-corrected chi connectivity index (χ1v) is 30.8. The molecule has 0 saturated carbocycles. The highest BCUT2D eigenvalue weighted by atomic mass is 16.5. The van der Waals surface area contributed by atoms with Crippen LogP contribution >= 0.6 is 0 Å². The molecule has 0 amide bonds. The molecule has 0 unspecified atom stereocenters. The molecule has 24 nitrogen and oxygen atoms in total. The van der Waals surface area contributed by atoms with Crippen LogP contribution in [0.15, 0.2) is 10.2 Å². The number of hydrogen-bond acceptors (Lipinski definition) is 18. The van der Waals surface area contributed by atoms with Gasteiger partial charge in [-0.2, -0.15) is 29.9 Å². The number of hydroxylamine groups is 12. The van der Waals surface area contributed by atoms with Crippen LogP contribution in [0.25, 0.3) is 0 Å². The molecule has 2 N–H and O–H groups in total. The quantitative estimate of drug-likeness (QED) is 0.187. The van der Waals surface area contributed by atoms with Crippen LogP contribution in [0.3, 0.4) is 0 Å². The summed E-state index contributed by atoms with van der Waals surface area (Å²) >= 11 is 0. The SMILES string of the molecule is CC1(C)CC(Nc2nc(N=Nc3nc(NC4CC(C)(C)N([O])C(C)(C)C4)nc(N(C4CC(C)(C)N([O])C(C)(C)C4)C4CC(C)(C)N([O])C(C)(C)C4)n3)nc(N(C3CC(C)(C)N([O])C(C)(C)C3)C3CC(C)(C)N([O])C(C)(C)C3)n2)CC(C)(C)N1[O]. The normalized spacial score (nSPS) is 28.8. The molecule has 0 aliphatic carbocycles. The molecule has 8 heterocycles. The predicted octanol–water partition coefficient (Wildman–Crippen LogP) is 11.1. The molecule has 2 aromatic rings. The summed E-state index contributed by atoms with van der Waals surface area (Å²) < 4.78 is 0. The second kappa shape index (κ2) is 21.5. The van der Waals surface area contributed by atoms with E-state index in [0.717, 1.165) is 0 Å². The van der Waals surface area contributed by atoms with Crippen molar-refractivity contribution in [1.29, 1.82) is 0 Å². The summed E-state index contributed by atoms with van der Waals surface area (Å²) in [5.41, 5.74) is -9.13. The van der Waals surface area contributed by atoms with Crippen molar-refractivity contribution in [3.8, 4) is 0 Å². The maximum Gasteiger partial charge on any atom is 0.275 e. The highest BCUT2D eigenvalue weighted by molar-refractivity contribution is 5.48. The summed E-state index contributed by atoms with van der Waals surface area (Å²) in [6.07, 6.45) is 5.74. The fraction of sp³-hybridized carbons (Fsp3) is 0.900. The van der Waals surface area contributed by atoms with E-state index in [-0.39, 0.29) is 60.0 Å². The summed E-state index contributed by atoms with van der Waals surface area (Å²) in [6.45, 7) is 47.0. The van der Waals surface area contributed by atoms with Crippen molar-refractivity contribution >= 4 is 35.7 Å². The van der Waals surface area contributed by atoms with Gasteiger partial charge in [0.05, 0.1) is 0 Å². The van der Waals surface area contributed by atoms with Crippen LogP contribution in [-0.4, -0.2) is 163 Å². The lowest BCUT2D eigenvalue weighted by Gasteiger charge is -2.57. The molecular formula is C60H104N18O6. The van der Waals surface area contributed by atoms with Crippen LogP contribution in [0.4, 0.5) is 35.7 Å². The van der Waals surface area contributed by atoms with Crippen molar-refractivity contribution in [3.05, 3.63) is 0 Å². The van der Waals surface area contributed by atoms with Crippen molar-refractivity contribution in [2.24, 2.45) is 10.2 Å². The molecule has 2 aromatic heterocycles. The van der Waals surface area contributed by atoms with Crippen molar-refractivity contribution in [2.75, 3.05) is 20.4 Å². The Hall–Kier alpha value is -3.66. The summed E-state index contributed by atoms with van der Waals surface area (Å²) in [5, 5.41) is 108. The van der Waals surface area contributed by atoms with E-state index in [9.17, 15) is 31.2 Å². The number of nitrogens with one attached hydrogen (secondary N) is 2. The summed E-state index contributed by atoms with van der Waals surface area (Å²) in [4.78, 5) is 35.3. The van der Waals surface area contributed by atoms with Crippen molar-refractivity contribution in [2.45, 2.75) is 346 Å². The van der Waals surface area contributed by atoms with E-state index in [1.54, 1.807) is 0 Å². The average Bonchev–Trinajstić information content (AvgIpc) is 3.51. The minimum atomic E-state index is -0.780. The number of nitrogens with zero attached hydrogens (tertiary/aromatic N) is 16. The lowest BCUT2D eigenvalue weighted by molar-refractivity contribution is -0.294. The van der Waals surface area contributed by atoms with Crippen LogP contribution in [0.2, 0.25) is 0 Å². The molecule has 6 radical (unpaired) electrons. The molecule has 24 heteroatoms. The second-order valence-corrected chi connectivity index (χ2v) is 33.8. The van der Waals surface area contributed by atoms with E-state index in [4.69, 9.17) is 40.1 Å². The largest absolute Gasteiger partial charge is 0.351 e. The minimum Gasteiger partial charge on any atom is -0.351 e. The number of anilines is 4. The Morgan fingerprint density at radius 2 is 0.476 bits per heavy atom. The molecule has 0 atom stereocenters. The first kappa shape index (κ1) is 66.3. The standard InChI is InChI=1S/C60H104N18O6/c1-49(2)25-37(26-50(3,4)73(49)79)61-43-63-45(67-47(65-43)71(39-29-53(9,10)75(81)54(11,12)30-39)40-31-55(13,14)76(82)56(15,16)32-40)69-70-46-64-44(62-38-27-51(5,6)74(80)52(7,8)28-38)66-48(68-46)72(41-33-57(17,18)77(83)58(19,20)34-41)42-35-59(21,22)78(84)60(23,24)36-42/h37-42H,25-36H2,1-24H3,(H,61,63,65,67)(H,62,64,66,68). The lowest BCUT2D eigenvalue weighted by Crippen LogP contribution is -2.67. The molecule has 8 rings (SSSR count). The van der Waals surface area contributed by atoms with Gasteiger partial charge in [0.2, 0.25) is 23.8 Å². The molecule has 0 bridgehead atoms. The lowest BCUT2D eigenvalue weighted by atomic mass is 9.74. The molecule has 6 fully saturated rings. The average molecular weight is 1170 g/mol. The molecular weight excluding hydrogens is 1070 g/mol. The number of hydrogen-bond donors (Lipinski definition) is 2. The Morgan fingerprint density at radius 1 is 0.298 bits per heavy atom. The minimum absolute atomic E-state index is 0.0517. The molecule has 6 saturated heterocycles. The van der Waals surface area contributed by atoms with Crippen LogP contribution < -0.4 is 20.4 Å². The number of azo groups is 1. The smallest absolute Gasteiger partial charge is 0.275 e. The second-order valence-electron chi connectivity index (χ2n) is 33.8. The zero-order valence-electron chi connectivity index (χ0n) is 55.6. The fourth-order valence-corrected chi connectivity index (χ4v) is 17.2. The Morgan fingerprint density at radius 3 is 0.667 bits per heavy atom. The van der Waals surface area contributed by atoms with Gasteiger partial charge in [0.15, 0.2) is 0 Å². The Bertz CT molecular complexity index is 2370. The van der Waals surface area contributed by atoms with Gasteiger partial charge >= 0.3 is 0 Å². The van der Waals surface area contributed by atoms with Gasteiger partial charge in [-0.3, -0.25) is 0 Å². The van der Waals surface area contributed by atoms with Gasteiger partial charge in [0.25, 0.3) is 11.9 Å². The summed E-state index contributed by atoms with van der Waals surface area (Å²) in [6, 6.07) is -1.54. The molecule has 0 spiro atoms. The van der Waals surface area contributed by atoms with Gasteiger partial charge in [0.1, 0.15) is 0 Å². The number of aromatic nitrogens is 6. The van der Waals surface area contributed by atoms with Gasteiger partial charge in [-0.25, -0.2) is 0 Å². The van der Waals surface area contributed by atoms with Gasteiger partial charge in [-0.15, -0.1) is 71.9 Å². The molecule has 0 aromatic carbocycles. The van der Waals surface area contributed by atoms with E-state index in [0.29, 0.717) is 88.9 Å². The van der Waals surface area contributed by atoms with Gasteiger partial charge in [-0.05, 0) is 243 Å². The third-order valence-electron chi connectivity index (χ3n) is 19.6. The van der Waals surface area contributed by atoms with E-state index in [2.05, 4.69) is 20.4 Å². The highest BCUT2D eigenvalue weighted by Crippen LogP contribution is 2.49. The molecule has 6 aliphatic heterocycles. The van der Waals surface area contributed by atoms with Crippen LogP contribution in [0, 0.1) is 0 Å². The molecule has 84 heavy (non-hydrogen) atoms. The zero-order valence-corrected chi connectivity index (χ0v) is 55.6. The predicted molar refractivity (Wildman–Crippen MR) is 318 cm³/mol. The number of piperidine rings is 6. The van der Waals surface area contributed by atoms with E-state index < -0.39 is 66.5 Å². The van der Waals surface area contributed by atoms with Crippen LogP contribution in [-0.2, 0) is 31.2 Å². The highest BCUT2D eigenvalue weighted by Gasteiger charge is 2.56. The van der Waals surface area contributed by atoms with Crippen LogP contribution in [0.5, 0.6) is 0 Å². The topological polar surface area (TPSA) is 271 Å². The maximum atomic E-state index is 14.0. The molecule has 6 aliphatic rings. The Balaban J connectivity index is 1.33. The Labute approximate surface area is 502 Å². The van der Waals surface area contributed by atoms with E-state index in [1.165, 1.54) is 30.4 Å². The van der Waals surface area contributed by atoms with Gasteiger partial charge in [-0.1, -0.05) is 0 Å². The summed E-state index contributed by atoms with van der Waals surface area (Å²) in [7, 11) is 0. The number of rotatable bonds is 12. The first-order chi connectivity index (χ1) is 37.9. The monoisotopic (exact) mass is 1170 g/mol. The molecule has 470 valence electrons. The van der Waals surface area contributed by atoms with E-state index >= 15 is 0 Å². The maximum absolute atomic E-state index is 14.0. The van der Waals surface area contributed by atoms with E-state index in [1.807, 2.05) is 166 Å².